The summed E-state index contributed by atoms with van der Waals surface area (Å²) in [6.45, 7) is 4.82. The first-order valence-corrected chi connectivity index (χ1v) is 41.5. The van der Waals surface area contributed by atoms with E-state index in [4.69, 9.17) is 37.0 Å². The first-order chi connectivity index (χ1) is 46.7. The third kappa shape index (κ3) is 69.2. The Morgan fingerprint density at radius 1 is 0.302 bits per heavy atom. The van der Waals surface area contributed by atoms with E-state index in [1.54, 1.807) is 0 Å². The molecule has 0 bridgehead atoms. The zero-order valence-corrected chi connectivity index (χ0v) is 62.8. The van der Waals surface area contributed by atoms with E-state index in [1.165, 1.54) is 128 Å². The molecule has 96 heavy (non-hydrogen) atoms. The van der Waals surface area contributed by atoms with Crippen molar-refractivity contribution in [1.29, 1.82) is 0 Å². The molecule has 19 heteroatoms. The fourth-order valence-corrected chi connectivity index (χ4v) is 12.1. The van der Waals surface area contributed by atoms with E-state index in [0.29, 0.717) is 25.7 Å². The van der Waals surface area contributed by atoms with Crippen molar-refractivity contribution in [3.8, 4) is 0 Å². The van der Waals surface area contributed by atoms with Crippen LogP contribution >= 0.6 is 15.6 Å². The normalized spacial score (nSPS) is 14.3. The molecule has 0 rings (SSSR count). The van der Waals surface area contributed by atoms with Gasteiger partial charge >= 0.3 is 39.5 Å². The average molecular weight is 1400 g/mol. The van der Waals surface area contributed by atoms with Crippen LogP contribution in [0.1, 0.15) is 349 Å². The molecule has 3 N–H and O–H groups in total. The lowest BCUT2D eigenvalue weighted by molar-refractivity contribution is -0.161. The van der Waals surface area contributed by atoms with E-state index in [0.717, 1.165) is 141 Å². The molecule has 0 aromatic carbocycles. The smallest absolute Gasteiger partial charge is 0.462 e. The highest BCUT2D eigenvalue weighted by molar-refractivity contribution is 7.47. The number of hydrogen-bond donors (Lipinski definition) is 3. The molecule has 0 fully saturated rings. The number of hydrogen-bond acceptors (Lipinski definition) is 15. The van der Waals surface area contributed by atoms with Gasteiger partial charge in [-0.05, 0) is 109 Å². The summed E-state index contributed by atoms with van der Waals surface area (Å²) in [4.78, 5) is 72.8. The summed E-state index contributed by atoms with van der Waals surface area (Å²) >= 11 is 0. The van der Waals surface area contributed by atoms with Gasteiger partial charge in [0.05, 0.1) is 26.4 Å². The Labute approximate surface area is 584 Å². The second-order valence-corrected chi connectivity index (χ2v) is 28.9. The molecule has 0 aliphatic carbocycles. The van der Waals surface area contributed by atoms with E-state index in [9.17, 15) is 43.2 Å². The van der Waals surface area contributed by atoms with Crippen LogP contribution in [-0.4, -0.2) is 96.7 Å². The van der Waals surface area contributed by atoms with Gasteiger partial charge in [0.1, 0.15) is 19.3 Å². The van der Waals surface area contributed by atoms with Gasteiger partial charge < -0.3 is 33.8 Å². The Morgan fingerprint density at radius 3 is 0.875 bits per heavy atom. The van der Waals surface area contributed by atoms with E-state index >= 15 is 0 Å². The monoisotopic (exact) mass is 1400 g/mol. The van der Waals surface area contributed by atoms with Crippen LogP contribution < -0.4 is 0 Å². The molecule has 0 aromatic heterocycles. The van der Waals surface area contributed by atoms with E-state index in [-0.39, 0.29) is 25.7 Å². The predicted molar refractivity (Wildman–Crippen MR) is 390 cm³/mol. The maximum atomic E-state index is 13.1. The van der Waals surface area contributed by atoms with Crippen molar-refractivity contribution in [2.75, 3.05) is 39.6 Å². The highest BCUT2D eigenvalue weighted by Gasteiger charge is 2.30. The molecule has 0 amide bonds. The lowest BCUT2D eigenvalue weighted by Crippen LogP contribution is -2.30. The van der Waals surface area contributed by atoms with Gasteiger partial charge in [-0.1, -0.05) is 275 Å². The number of rotatable bonds is 73. The molecule has 17 nitrogen and oxygen atoms in total. The van der Waals surface area contributed by atoms with Crippen LogP contribution in [0.4, 0.5) is 0 Å². The largest absolute Gasteiger partial charge is 0.472 e. The average Bonchev–Trinajstić information content (AvgIpc) is 1.19. The van der Waals surface area contributed by atoms with Crippen molar-refractivity contribution >= 4 is 39.5 Å². The van der Waals surface area contributed by atoms with Crippen molar-refractivity contribution < 1.29 is 80.2 Å². The van der Waals surface area contributed by atoms with Crippen molar-refractivity contribution in [1.82, 2.24) is 0 Å². The predicted octanol–water partition coefficient (Wildman–Crippen LogP) is 21.9. The molecule has 0 aliphatic rings. The van der Waals surface area contributed by atoms with Crippen molar-refractivity contribution in [3.05, 3.63) is 60.8 Å². The molecule has 5 atom stereocenters. The van der Waals surface area contributed by atoms with Crippen molar-refractivity contribution in [3.63, 3.8) is 0 Å². The highest BCUT2D eigenvalue weighted by Crippen LogP contribution is 2.45. The second-order valence-electron chi connectivity index (χ2n) is 26.0. The summed E-state index contributed by atoms with van der Waals surface area (Å²) < 4.78 is 68.5. The topological polar surface area (TPSA) is 237 Å². The van der Waals surface area contributed by atoms with Crippen molar-refractivity contribution in [2.24, 2.45) is 0 Å². The van der Waals surface area contributed by atoms with Crippen LogP contribution in [0.3, 0.4) is 0 Å². The quantitative estimate of drug-likeness (QED) is 0.0128. The number of ether oxygens (including phenoxy) is 4. The van der Waals surface area contributed by atoms with E-state index in [1.807, 2.05) is 0 Å². The highest BCUT2D eigenvalue weighted by atomic mass is 31.2. The number of phosphoric ester groups is 2. The summed E-state index contributed by atoms with van der Waals surface area (Å²) in [7, 11) is -9.94. The fraction of sp³-hybridized carbons (Fsp3) is 0.818. The molecule has 0 spiro atoms. The molecule has 2 unspecified atom stereocenters. The minimum atomic E-state index is -4.97. The maximum Gasteiger partial charge on any atom is 0.472 e. The lowest BCUT2D eigenvalue weighted by atomic mass is 10.0. The van der Waals surface area contributed by atoms with Crippen molar-refractivity contribution in [2.45, 2.75) is 367 Å². The zero-order valence-electron chi connectivity index (χ0n) is 61.1. The third-order valence-electron chi connectivity index (χ3n) is 16.5. The van der Waals surface area contributed by atoms with E-state index < -0.39 is 97.5 Å². The lowest BCUT2D eigenvalue weighted by Gasteiger charge is -2.21. The summed E-state index contributed by atoms with van der Waals surface area (Å²) in [6.07, 6.45) is 67.7. The molecule has 560 valence electrons. The molecular formula is C77H140O17P2. The summed E-state index contributed by atoms with van der Waals surface area (Å²) in [5, 5.41) is 10.6. The Bertz CT molecular complexity index is 2060. The number of esters is 4. The Morgan fingerprint density at radius 2 is 0.542 bits per heavy atom. The summed E-state index contributed by atoms with van der Waals surface area (Å²) in [5.74, 6) is -2.19. The Balaban J connectivity index is 5.35. The Kier molecular flexibility index (Phi) is 67.8. The molecule has 0 radical (unpaired) electrons. The summed E-state index contributed by atoms with van der Waals surface area (Å²) in [6, 6.07) is 0. The molecular weight excluding hydrogens is 1260 g/mol. The molecule has 0 heterocycles. The number of carbonyl (C=O) groups excluding carboxylic acids is 4. The molecule has 0 saturated carbocycles. The number of unbranched alkanes of at least 4 members (excludes halogenated alkanes) is 38. The molecule has 0 saturated heterocycles. The van der Waals surface area contributed by atoms with Crippen LogP contribution in [0.5, 0.6) is 0 Å². The minimum absolute atomic E-state index is 0.0792. The number of aliphatic hydroxyl groups is 1. The van der Waals surface area contributed by atoms with E-state index in [2.05, 4.69) is 88.5 Å². The molecule has 0 aliphatic heterocycles. The number of aliphatic hydroxyl groups excluding tert-OH is 1. The van der Waals surface area contributed by atoms with Gasteiger partial charge in [-0.2, -0.15) is 0 Å². The number of carbonyl (C=O) groups is 4. The van der Waals surface area contributed by atoms with Crippen LogP contribution in [0.25, 0.3) is 0 Å². The van der Waals surface area contributed by atoms with Crippen LogP contribution in [-0.2, 0) is 65.4 Å². The van der Waals surface area contributed by atoms with Gasteiger partial charge in [0.15, 0.2) is 12.2 Å². The summed E-state index contributed by atoms with van der Waals surface area (Å²) in [5.41, 5.74) is 0. The molecule has 0 aromatic rings. The number of phosphoric acid groups is 2. The minimum Gasteiger partial charge on any atom is -0.462 e. The van der Waals surface area contributed by atoms with Gasteiger partial charge in [-0.15, -0.1) is 0 Å². The van der Waals surface area contributed by atoms with Gasteiger partial charge in [-0.25, -0.2) is 9.13 Å². The van der Waals surface area contributed by atoms with Crippen LogP contribution in [0.2, 0.25) is 0 Å². The van der Waals surface area contributed by atoms with Gasteiger partial charge in [0.2, 0.25) is 0 Å². The van der Waals surface area contributed by atoms with Gasteiger partial charge in [0, 0.05) is 25.7 Å². The SMILES string of the molecule is CCCCC/C=C\C/C=C\CCCCCCCC(=O)O[C@H](COC(=O)CCCCCCCCCCCCCCC)COP(=O)(O)OC[C@@H](O)COP(=O)(O)OC[C@@H](COC(=O)CCCCCCC/C=C\CCCCCC)OC(=O)CCCCCCC/C=C\C=C/CCCCCC. The van der Waals surface area contributed by atoms with Gasteiger partial charge in [0.25, 0.3) is 0 Å². The number of allylic oxidation sites excluding steroid dienone is 10. The fourth-order valence-electron chi connectivity index (χ4n) is 10.5. The first-order valence-electron chi connectivity index (χ1n) is 38.5. The van der Waals surface area contributed by atoms with Crippen LogP contribution in [0, 0.1) is 0 Å². The van der Waals surface area contributed by atoms with Crippen LogP contribution in [0.15, 0.2) is 60.8 Å². The Hall–Kier alpha value is -3.24. The maximum absolute atomic E-state index is 13.1. The van der Waals surface area contributed by atoms with Gasteiger partial charge in [-0.3, -0.25) is 37.3 Å². The third-order valence-corrected chi connectivity index (χ3v) is 18.4. The second kappa shape index (κ2) is 70.2. The zero-order chi connectivity index (χ0) is 70.4. The standard InChI is InChI=1S/C77H140O17P2/c1-5-9-13-17-21-25-29-33-35-39-43-47-51-55-59-63-76(81)93-72(67-87-74(79)61-57-53-49-45-41-37-31-27-23-19-15-11-7-3)69-91-95(83,84)89-65-71(78)66-90-96(85,86)92-70-73(68-88-75(80)62-58-54-50-46-42-38-32-28-24-20-16-12-8-4)94-77(82)64-60-56-52-48-44-40-36-34-30-26-22-18-14-10-6-2/h21,25-26,28,30,32-36,71-73,78H,5-20,22-24,27,29,31,37-70H2,1-4H3,(H,83,84)(H,85,86)/b25-21-,30-26-,32-28-,35-33-,36-34-/t71-,72-,73-/m1/s1. The first kappa shape index (κ1) is 92.8.